The Hall–Kier alpha value is -1.34. The van der Waals surface area contributed by atoms with Crippen molar-refractivity contribution in [3.63, 3.8) is 0 Å². The Morgan fingerprint density at radius 2 is 2.06 bits per heavy atom. The van der Waals surface area contributed by atoms with Crippen LogP contribution in [0.2, 0.25) is 0 Å². The van der Waals surface area contributed by atoms with Crippen molar-refractivity contribution < 1.29 is 28.1 Å². The van der Waals surface area contributed by atoms with Crippen LogP contribution in [0.1, 0.15) is 11.7 Å². The number of hydrogen-bond donors (Lipinski definition) is 2. The van der Waals surface area contributed by atoms with Crippen molar-refractivity contribution in [1.82, 2.24) is 4.98 Å². The summed E-state index contributed by atoms with van der Waals surface area (Å²) >= 11 is 0. The van der Waals surface area contributed by atoms with E-state index >= 15 is 0 Å². The van der Waals surface area contributed by atoms with Gasteiger partial charge in [0.25, 0.3) is 0 Å². The Balaban J connectivity index is 2.58. The van der Waals surface area contributed by atoms with Crippen molar-refractivity contribution in [3.8, 4) is 5.88 Å². The van der Waals surface area contributed by atoms with Crippen molar-refractivity contribution in [1.29, 1.82) is 0 Å². The summed E-state index contributed by atoms with van der Waals surface area (Å²) in [7, 11) is 0. The van der Waals surface area contributed by atoms with E-state index in [4.69, 9.17) is 10.2 Å². The Kier molecular flexibility index (Phi) is 4.08. The van der Waals surface area contributed by atoms with Gasteiger partial charge in [-0.25, -0.2) is 4.98 Å². The number of hydrogen-bond acceptors (Lipinski definition) is 4. The average Bonchev–Trinajstić information content (AvgIpc) is 2.25. The van der Waals surface area contributed by atoms with Gasteiger partial charge in [-0.1, -0.05) is 0 Å². The van der Waals surface area contributed by atoms with Crippen LogP contribution >= 0.6 is 0 Å². The fourth-order valence-electron chi connectivity index (χ4n) is 0.935. The van der Waals surface area contributed by atoms with Crippen LogP contribution in [0.5, 0.6) is 5.88 Å². The lowest BCUT2D eigenvalue weighted by Gasteiger charge is -2.10. The van der Waals surface area contributed by atoms with Crippen LogP contribution in [0.3, 0.4) is 0 Å². The van der Waals surface area contributed by atoms with Crippen LogP contribution in [0.15, 0.2) is 18.3 Å². The summed E-state index contributed by atoms with van der Waals surface area (Å²) in [6.45, 7) is -1.90. The topological polar surface area (TPSA) is 62.6 Å². The summed E-state index contributed by atoms with van der Waals surface area (Å²) in [5.41, 5.74) is 0.307. The third-order valence-electron chi connectivity index (χ3n) is 1.70. The molecule has 0 aromatic carbocycles. The molecule has 1 aromatic heterocycles. The van der Waals surface area contributed by atoms with Gasteiger partial charge in [-0.2, -0.15) is 13.2 Å². The standard InChI is InChI=1S/C9H10F3NO3/c10-9(11,12)5-16-8-2-1-6(3-13-8)7(15)4-14/h1-3,7,14-15H,4-5H2. The molecule has 0 radical (unpaired) electrons. The van der Waals surface area contributed by atoms with Crippen molar-refractivity contribution in [2.45, 2.75) is 12.3 Å². The Morgan fingerprint density at radius 1 is 1.38 bits per heavy atom. The third kappa shape index (κ3) is 4.03. The van der Waals surface area contributed by atoms with Gasteiger partial charge in [-0.3, -0.25) is 0 Å². The Bertz CT molecular complexity index is 326. The lowest BCUT2D eigenvalue weighted by atomic mass is 10.2. The van der Waals surface area contributed by atoms with Crippen LogP contribution < -0.4 is 4.74 Å². The fourth-order valence-corrected chi connectivity index (χ4v) is 0.935. The largest absolute Gasteiger partial charge is 0.468 e. The van der Waals surface area contributed by atoms with E-state index < -0.39 is 25.5 Å². The Morgan fingerprint density at radius 3 is 2.50 bits per heavy atom. The summed E-state index contributed by atoms with van der Waals surface area (Å²) < 4.78 is 39.7. The van der Waals surface area contributed by atoms with Gasteiger partial charge in [0.1, 0.15) is 6.10 Å². The van der Waals surface area contributed by atoms with Gasteiger partial charge in [0.05, 0.1) is 6.61 Å². The molecule has 4 nitrogen and oxygen atoms in total. The minimum absolute atomic E-state index is 0.189. The van der Waals surface area contributed by atoms with Gasteiger partial charge in [0.2, 0.25) is 5.88 Å². The smallest absolute Gasteiger partial charge is 0.422 e. The molecule has 16 heavy (non-hydrogen) atoms. The minimum Gasteiger partial charge on any atom is -0.468 e. The second kappa shape index (κ2) is 5.13. The van der Waals surface area contributed by atoms with Gasteiger partial charge in [0.15, 0.2) is 6.61 Å². The van der Waals surface area contributed by atoms with Crippen molar-refractivity contribution in [2.75, 3.05) is 13.2 Å². The zero-order valence-corrected chi connectivity index (χ0v) is 8.11. The second-order valence-corrected chi connectivity index (χ2v) is 3.03. The molecule has 0 aliphatic carbocycles. The van der Waals surface area contributed by atoms with E-state index in [1.54, 1.807) is 0 Å². The van der Waals surface area contributed by atoms with E-state index in [2.05, 4.69) is 9.72 Å². The molecule has 0 aliphatic rings. The maximum atomic E-state index is 11.8. The first-order valence-corrected chi connectivity index (χ1v) is 4.37. The molecular weight excluding hydrogens is 227 g/mol. The molecule has 90 valence electrons. The van der Waals surface area contributed by atoms with Gasteiger partial charge >= 0.3 is 6.18 Å². The maximum absolute atomic E-state index is 11.8. The maximum Gasteiger partial charge on any atom is 0.422 e. The van der Waals surface area contributed by atoms with Gasteiger partial charge in [0, 0.05) is 17.8 Å². The first-order chi connectivity index (χ1) is 7.42. The minimum atomic E-state index is -4.41. The number of rotatable bonds is 4. The predicted octanol–water partition coefficient (Wildman–Crippen LogP) is 1.05. The van der Waals surface area contributed by atoms with Gasteiger partial charge < -0.3 is 14.9 Å². The summed E-state index contributed by atoms with van der Waals surface area (Å²) in [6, 6.07) is 2.53. The van der Waals surface area contributed by atoms with Gasteiger partial charge in [-0.15, -0.1) is 0 Å². The van der Waals surface area contributed by atoms with Crippen LogP contribution in [0.25, 0.3) is 0 Å². The van der Waals surface area contributed by atoms with Crippen LogP contribution in [-0.4, -0.2) is 34.6 Å². The fraction of sp³-hybridized carbons (Fsp3) is 0.444. The average molecular weight is 237 g/mol. The highest BCUT2D eigenvalue weighted by Gasteiger charge is 2.28. The third-order valence-corrected chi connectivity index (χ3v) is 1.70. The molecule has 1 heterocycles. The normalized spacial score (nSPS) is 13.6. The monoisotopic (exact) mass is 237 g/mol. The molecule has 1 unspecified atom stereocenters. The number of pyridine rings is 1. The van der Waals surface area contributed by atoms with Gasteiger partial charge in [-0.05, 0) is 6.07 Å². The predicted molar refractivity (Wildman–Crippen MR) is 47.8 cm³/mol. The van der Waals surface area contributed by atoms with E-state index in [0.29, 0.717) is 5.56 Å². The number of ether oxygens (including phenoxy) is 1. The van der Waals surface area contributed by atoms with E-state index in [1.807, 2.05) is 0 Å². The molecule has 0 saturated heterocycles. The van der Waals surface area contributed by atoms with E-state index in [-0.39, 0.29) is 5.88 Å². The molecule has 0 spiro atoms. The van der Waals surface area contributed by atoms with E-state index in [0.717, 1.165) is 6.20 Å². The number of nitrogens with zero attached hydrogens (tertiary/aromatic N) is 1. The molecule has 1 rings (SSSR count). The van der Waals surface area contributed by atoms with Crippen LogP contribution in [0, 0.1) is 0 Å². The summed E-state index contributed by atoms with van der Waals surface area (Å²) in [5.74, 6) is -0.189. The summed E-state index contributed by atoms with van der Waals surface area (Å²) in [5, 5.41) is 17.8. The molecule has 1 aromatic rings. The molecule has 7 heteroatoms. The number of aromatic nitrogens is 1. The van der Waals surface area contributed by atoms with Crippen molar-refractivity contribution in [3.05, 3.63) is 23.9 Å². The lowest BCUT2D eigenvalue weighted by Crippen LogP contribution is -2.19. The number of aliphatic hydroxyl groups excluding tert-OH is 2. The molecule has 1 atom stereocenters. The van der Waals surface area contributed by atoms with E-state index in [9.17, 15) is 13.2 Å². The molecule has 0 amide bonds. The first kappa shape index (κ1) is 12.7. The summed E-state index contributed by atoms with van der Waals surface area (Å²) in [4.78, 5) is 3.56. The molecule has 0 fully saturated rings. The quantitative estimate of drug-likeness (QED) is 0.821. The SMILES string of the molecule is OCC(O)c1ccc(OCC(F)(F)F)nc1. The Labute approximate surface area is 89.3 Å². The molecule has 0 aliphatic heterocycles. The van der Waals surface area contributed by atoms with Crippen LogP contribution in [-0.2, 0) is 0 Å². The van der Waals surface area contributed by atoms with Crippen molar-refractivity contribution in [2.24, 2.45) is 0 Å². The number of aliphatic hydroxyl groups is 2. The zero-order chi connectivity index (χ0) is 12.2. The molecule has 2 N–H and O–H groups in total. The lowest BCUT2D eigenvalue weighted by molar-refractivity contribution is -0.154. The summed E-state index contributed by atoms with van der Waals surface area (Å²) in [6.07, 6.45) is -4.36. The number of halogens is 3. The molecular formula is C9H10F3NO3. The second-order valence-electron chi connectivity index (χ2n) is 3.03. The molecule has 0 saturated carbocycles. The van der Waals surface area contributed by atoms with Crippen molar-refractivity contribution >= 4 is 0 Å². The number of alkyl halides is 3. The van der Waals surface area contributed by atoms with E-state index in [1.165, 1.54) is 12.1 Å². The van der Waals surface area contributed by atoms with Crippen LogP contribution in [0.4, 0.5) is 13.2 Å². The first-order valence-electron chi connectivity index (χ1n) is 4.37. The highest BCUT2D eigenvalue weighted by atomic mass is 19.4. The highest BCUT2D eigenvalue weighted by Crippen LogP contribution is 2.18. The zero-order valence-electron chi connectivity index (χ0n) is 8.11. The highest BCUT2D eigenvalue weighted by molar-refractivity contribution is 5.19. The molecule has 0 bridgehead atoms.